The van der Waals surface area contributed by atoms with E-state index >= 15 is 0 Å². The Kier molecular flexibility index (Phi) is 12.2. The zero-order valence-electron chi connectivity index (χ0n) is 25.3. The van der Waals surface area contributed by atoms with Gasteiger partial charge < -0.3 is 4.90 Å². The molecule has 1 aliphatic carbocycles. The topological polar surface area (TPSA) is 15.6 Å². The number of thioether (sulfide) groups is 1. The molecule has 1 heterocycles. The van der Waals surface area contributed by atoms with Crippen molar-refractivity contribution in [3.63, 3.8) is 0 Å². The molecule has 0 saturated carbocycles. The second-order valence-electron chi connectivity index (χ2n) is 11.2. The number of hydrogen-bond acceptors (Lipinski definition) is 3. The van der Waals surface area contributed by atoms with E-state index in [1.807, 2.05) is 23.9 Å². The summed E-state index contributed by atoms with van der Waals surface area (Å²) in [4.78, 5) is 7.42. The van der Waals surface area contributed by atoms with E-state index in [4.69, 9.17) is 11.4 Å². The Morgan fingerprint density at radius 1 is 1.20 bits per heavy atom. The number of hydrogen-bond donors (Lipinski definition) is 0. The average molecular weight is 551 g/mol. The highest BCUT2D eigenvalue weighted by molar-refractivity contribution is 7.99. The van der Waals surface area contributed by atoms with Gasteiger partial charge in [-0.25, -0.2) is 0 Å². The molecule has 1 aromatic rings. The number of aliphatic imine (C=N–C) groups is 1. The lowest BCUT2D eigenvalue weighted by Crippen LogP contribution is -2.33. The molecule has 2 nitrogen and oxygen atoms in total. The normalized spacial score (nSPS) is 22.6. The molecule has 3 rings (SSSR count). The van der Waals surface area contributed by atoms with Crippen molar-refractivity contribution >= 4 is 35.2 Å². The third kappa shape index (κ3) is 9.17. The van der Waals surface area contributed by atoms with Crippen LogP contribution in [0.3, 0.4) is 0 Å². The van der Waals surface area contributed by atoms with E-state index in [-0.39, 0.29) is 12.1 Å². The minimum Gasteiger partial charge on any atom is -0.349 e. The van der Waals surface area contributed by atoms with Gasteiger partial charge in [0.2, 0.25) is 0 Å². The third-order valence-electron chi connectivity index (χ3n) is 7.17. The first-order chi connectivity index (χ1) is 19.2. The van der Waals surface area contributed by atoms with Gasteiger partial charge in [0.25, 0.3) is 0 Å². The van der Waals surface area contributed by atoms with E-state index in [0.717, 1.165) is 35.8 Å². The molecule has 0 bridgehead atoms. The Labute approximate surface area is 247 Å². The van der Waals surface area contributed by atoms with E-state index in [0.29, 0.717) is 12.3 Å². The predicted octanol–water partition coefficient (Wildman–Crippen LogP) is 7.70. The average Bonchev–Trinajstić information content (AvgIpc) is 3.09. The van der Waals surface area contributed by atoms with E-state index in [9.17, 15) is 0 Å². The summed E-state index contributed by atoms with van der Waals surface area (Å²) in [7, 11) is 2.15. The van der Waals surface area contributed by atoms with Gasteiger partial charge in [-0.2, -0.15) is 11.8 Å². The fraction of sp³-hybridized carbons (Fsp3) is 0.378. The van der Waals surface area contributed by atoms with Crippen molar-refractivity contribution in [1.29, 1.82) is 0 Å². The van der Waals surface area contributed by atoms with Crippen molar-refractivity contribution in [3.8, 4) is 12.3 Å². The summed E-state index contributed by atoms with van der Waals surface area (Å²) < 4.78 is 0. The molecule has 0 spiro atoms. The molecule has 40 heavy (non-hydrogen) atoms. The number of rotatable bonds is 8. The van der Waals surface area contributed by atoms with Gasteiger partial charge in [-0.3, -0.25) is 4.99 Å². The quantitative estimate of drug-likeness (QED) is 0.143. The molecule has 0 amide bonds. The van der Waals surface area contributed by atoms with Crippen molar-refractivity contribution in [1.82, 2.24) is 4.90 Å². The summed E-state index contributed by atoms with van der Waals surface area (Å²) in [6.07, 6.45) is 28.0. The highest BCUT2D eigenvalue weighted by Gasteiger charge is 2.23. The second kappa shape index (κ2) is 15.5. The highest BCUT2D eigenvalue weighted by atomic mass is 32.2. The van der Waals surface area contributed by atoms with Gasteiger partial charge in [-0.1, -0.05) is 81.2 Å². The van der Waals surface area contributed by atoms with Crippen LogP contribution in [-0.2, 0) is 0 Å². The first-order valence-electron chi connectivity index (χ1n) is 14.4. The molecule has 1 aromatic carbocycles. The molecule has 0 radical (unpaired) electrons. The third-order valence-corrected chi connectivity index (χ3v) is 8.41. The standard InChI is InChI=1S/C37H46N2S/c1-9-10-11-13-16-30(6)32-18-19-34-25-36(22-28(4)21-35(34)24-32)37(38-27(2)3)39(8)31(7)33-17-14-12-15-20-40-26-29(5)23-33/h1,11-13,15-19,21-22,24-25,28-29,37H,7,10,14,20,23,26H2,2-6,8H3/b13-11-,15-12-,30-16+,33-17+. The molecule has 3 atom stereocenters. The molecule has 210 valence electrons. The summed E-state index contributed by atoms with van der Waals surface area (Å²) in [5.41, 5.74) is 7.09. The van der Waals surface area contributed by atoms with Gasteiger partial charge in [0.1, 0.15) is 6.17 Å². The Morgan fingerprint density at radius 2 is 2.00 bits per heavy atom. The summed E-state index contributed by atoms with van der Waals surface area (Å²) >= 11 is 2.01. The van der Waals surface area contributed by atoms with E-state index in [2.05, 4.69) is 120 Å². The van der Waals surface area contributed by atoms with E-state index in [1.54, 1.807) is 0 Å². The Bertz CT molecular complexity index is 1400. The smallest absolute Gasteiger partial charge is 0.146 e. The number of nitrogens with zero attached hydrogens (tertiary/aromatic N) is 2. The number of allylic oxidation sites excluding steroid dienone is 8. The monoisotopic (exact) mass is 550 g/mol. The summed E-state index contributed by atoms with van der Waals surface area (Å²) in [5.74, 6) is 5.79. The molecule has 3 heteroatoms. The van der Waals surface area contributed by atoms with Gasteiger partial charge in [-0.15, -0.1) is 12.3 Å². The van der Waals surface area contributed by atoms with Gasteiger partial charge in [0.05, 0.1) is 0 Å². The van der Waals surface area contributed by atoms with Crippen LogP contribution in [0.4, 0.5) is 0 Å². The van der Waals surface area contributed by atoms with Crippen LogP contribution in [-0.4, -0.2) is 35.3 Å². The van der Waals surface area contributed by atoms with E-state index in [1.165, 1.54) is 32.7 Å². The molecule has 0 fully saturated rings. The van der Waals surface area contributed by atoms with Crippen LogP contribution in [0, 0.1) is 24.2 Å². The van der Waals surface area contributed by atoms with Crippen molar-refractivity contribution in [2.24, 2.45) is 16.8 Å². The van der Waals surface area contributed by atoms with Crippen LogP contribution >= 0.6 is 11.8 Å². The number of fused-ring (bicyclic) bond motifs is 1. The van der Waals surface area contributed by atoms with Crippen LogP contribution in [0.25, 0.3) is 17.7 Å². The van der Waals surface area contributed by atoms with Crippen LogP contribution in [0.5, 0.6) is 0 Å². The minimum atomic E-state index is -0.140. The fourth-order valence-electron chi connectivity index (χ4n) is 5.03. The first-order valence-corrected chi connectivity index (χ1v) is 15.5. The molecule has 1 aliphatic heterocycles. The van der Waals surface area contributed by atoms with Crippen LogP contribution in [0.2, 0.25) is 0 Å². The van der Waals surface area contributed by atoms with Crippen LogP contribution < -0.4 is 10.4 Å². The first kappa shape index (κ1) is 31.3. The maximum Gasteiger partial charge on any atom is 0.146 e. The van der Waals surface area contributed by atoms with Crippen LogP contribution in [0.15, 0.2) is 89.1 Å². The number of terminal acetylenes is 1. The maximum absolute atomic E-state index is 5.36. The molecule has 0 aromatic heterocycles. The Morgan fingerprint density at radius 3 is 2.75 bits per heavy atom. The second-order valence-corrected chi connectivity index (χ2v) is 12.2. The fourth-order valence-corrected chi connectivity index (χ4v) is 5.96. The summed E-state index contributed by atoms with van der Waals surface area (Å²) in [6, 6.07) is 6.74. The van der Waals surface area contributed by atoms with Crippen molar-refractivity contribution in [2.45, 2.75) is 60.0 Å². The highest BCUT2D eigenvalue weighted by Crippen LogP contribution is 2.29. The van der Waals surface area contributed by atoms with Gasteiger partial charge in [0, 0.05) is 30.6 Å². The van der Waals surface area contributed by atoms with Gasteiger partial charge >= 0.3 is 0 Å². The maximum atomic E-state index is 5.36. The van der Waals surface area contributed by atoms with Crippen molar-refractivity contribution in [2.75, 3.05) is 18.6 Å². The molecule has 0 N–H and O–H groups in total. The minimum absolute atomic E-state index is 0.140. The van der Waals surface area contributed by atoms with E-state index < -0.39 is 0 Å². The van der Waals surface area contributed by atoms with Crippen molar-refractivity contribution in [3.05, 3.63) is 100 Å². The molecule has 3 unspecified atom stereocenters. The lowest BCUT2D eigenvalue weighted by molar-refractivity contribution is 0.357. The van der Waals surface area contributed by atoms with Gasteiger partial charge in [-0.05, 0) is 96.1 Å². The lowest BCUT2D eigenvalue weighted by atomic mass is 9.97. The SMILES string of the molecule is C#CC/C=C\C=C(/C)c1ccc2c(c1)=CC(C)C=C(C(N=C(C)C)N(C)C(=C)/C1=C/C/C=C\CSCC(C)C1)C=2. The molecule has 2 aliphatic rings. The molecule has 0 saturated heterocycles. The molecular weight excluding hydrogens is 504 g/mol. The number of benzene rings is 1. The lowest BCUT2D eigenvalue weighted by Gasteiger charge is -2.32. The number of likely N-dealkylation sites (N-methyl/N-ethyl adjacent to an activating group) is 1. The summed E-state index contributed by atoms with van der Waals surface area (Å²) in [5, 5.41) is 2.47. The van der Waals surface area contributed by atoms with Gasteiger partial charge in [0.15, 0.2) is 0 Å². The Balaban J connectivity index is 1.98. The zero-order valence-corrected chi connectivity index (χ0v) is 26.1. The molecular formula is C37H46N2S. The summed E-state index contributed by atoms with van der Waals surface area (Å²) in [6.45, 7) is 15.5. The predicted molar refractivity (Wildman–Crippen MR) is 181 cm³/mol. The Hall–Kier alpha value is -3.22. The van der Waals surface area contributed by atoms with Crippen LogP contribution in [0.1, 0.15) is 59.4 Å². The zero-order chi connectivity index (χ0) is 29.1. The largest absolute Gasteiger partial charge is 0.349 e. The van der Waals surface area contributed by atoms with Crippen molar-refractivity contribution < 1.29 is 0 Å².